The summed E-state index contributed by atoms with van der Waals surface area (Å²) in [6.45, 7) is 0. The number of rotatable bonds is 2. The van der Waals surface area contributed by atoms with Crippen LogP contribution in [0.15, 0.2) is 34.8 Å². The number of anilines is 1. The van der Waals surface area contributed by atoms with E-state index in [1.54, 1.807) is 6.07 Å². The summed E-state index contributed by atoms with van der Waals surface area (Å²) in [4.78, 5) is 0. The lowest BCUT2D eigenvalue weighted by Gasteiger charge is -2.09. The van der Waals surface area contributed by atoms with Gasteiger partial charge in [-0.1, -0.05) is 11.6 Å². The van der Waals surface area contributed by atoms with Crippen LogP contribution in [0.3, 0.4) is 0 Å². The lowest BCUT2D eigenvalue weighted by molar-refractivity contribution is 0.477. The van der Waals surface area contributed by atoms with Crippen molar-refractivity contribution in [3.63, 3.8) is 0 Å². The molecule has 0 aliphatic heterocycles. The summed E-state index contributed by atoms with van der Waals surface area (Å²) >= 11 is 8.64. The Bertz CT molecular complexity index is 607. The van der Waals surface area contributed by atoms with Crippen LogP contribution in [0.1, 0.15) is 0 Å². The minimum Gasteiger partial charge on any atom is -0.455 e. The van der Waals surface area contributed by atoms with Gasteiger partial charge in [0.2, 0.25) is 0 Å². The molecule has 0 aliphatic rings. The summed E-state index contributed by atoms with van der Waals surface area (Å²) in [5, 5.41) is -0.114. The first kappa shape index (κ1) is 13.1. The Balaban J connectivity index is 2.34. The first-order chi connectivity index (χ1) is 8.47. The molecule has 2 aromatic rings. The molecule has 0 heterocycles. The number of hydrogen-bond donors (Lipinski definition) is 1. The molecule has 2 nitrogen and oxygen atoms in total. The molecular weight excluding hydrogens is 327 g/mol. The molecule has 2 N–H and O–H groups in total. The maximum Gasteiger partial charge on any atom is 0.152 e. The highest BCUT2D eigenvalue weighted by Crippen LogP contribution is 2.33. The number of nitrogen functional groups attached to an aromatic ring is 1. The molecule has 0 aliphatic carbocycles. The minimum atomic E-state index is -0.636. The van der Waals surface area contributed by atoms with Gasteiger partial charge in [-0.05, 0) is 28.1 Å². The summed E-state index contributed by atoms with van der Waals surface area (Å²) in [7, 11) is 0. The van der Waals surface area contributed by atoms with Gasteiger partial charge in [0, 0.05) is 18.2 Å². The third-order valence-electron chi connectivity index (χ3n) is 2.17. The van der Waals surface area contributed by atoms with Crippen LogP contribution >= 0.6 is 27.5 Å². The van der Waals surface area contributed by atoms with Crippen LogP contribution in [0.2, 0.25) is 5.02 Å². The van der Waals surface area contributed by atoms with E-state index in [0.717, 1.165) is 6.07 Å². The van der Waals surface area contributed by atoms with Gasteiger partial charge in [-0.2, -0.15) is 0 Å². The average molecular weight is 335 g/mol. The second-order valence-corrected chi connectivity index (χ2v) is 4.74. The van der Waals surface area contributed by atoms with Crippen molar-refractivity contribution in [1.29, 1.82) is 0 Å². The highest BCUT2D eigenvalue weighted by atomic mass is 79.9. The second-order valence-electron chi connectivity index (χ2n) is 3.48. The van der Waals surface area contributed by atoms with Gasteiger partial charge in [0.25, 0.3) is 0 Å². The second kappa shape index (κ2) is 5.12. The largest absolute Gasteiger partial charge is 0.455 e. The molecule has 18 heavy (non-hydrogen) atoms. The Labute approximate surface area is 115 Å². The number of benzene rings is 2. The van der Waals surface area contributed by atoms with Gasteiger partial charge in [-0.3, -0.25) is 0 Å². The molecular formula is C12H7BrClF2NO. The number of hydrogen-bond acceptors (Lipinski definition) is 2. The smallest absolute Gasteiger partial charge is 0.152 e. The van der Waals surface area contributed by atoms with Crippen molar-refractivity contribution < 1.29 is 13.5 Å². The summed E-state index contributed by atoms with van der Waals surface area (Å²) < 4.78 is 32.0. The molecule has 0 bridgehead atoms. The Morgan fingerprint density at radius 3 is 2.50 bits per heavy atom. The number of halogens is 4. The summed E-state index contributed by atoms with van der Waals surface area (Å²) in [6.07, 6.45) is 0. The summed E-state index contributed by atoms with van der Waals surface area (Å²) in [5.41, 5.74) is 5.66. The zero-order valence-corrected chi connectivity index (χ0v) is 11.2. The standard InChI is InChI=1S/C12H7BrClF2NO/c13-7-2-1-6(3-9(7)15)18-12-4-8(14)10(16)5-11(12)17/h1-5H,17H2. The summed E-state index contributed by atoms with van der Waals surface area (Å²) in [6, 6.07) is 6.51. The van der Waals surface area contributed by atoms with E-state index in [-0.39, 0.29) is 22.2 Å². The molecule has 2 rings (SSSR count). The van der Waals surface area contributed by atoms with Crippen LogP contribution in [0, 0.1) is 11.6 Å². The van der Waals surface area contributed by atoms with Gasteiger partial charge < -0.3 is 10.5 Å². The van der Waals surface area contributed by atoms with E-state index < -0.39 is 11.6 Å². The van der Waals surface area contributed by atoms with Crippen LogP contribution < -0.4 is 10.5 Å². The van der Waals surface area contributed by atoms with E-state index in [2.05, 4.69) is 15.9 Å². The monoisotopic (exact) mass is 333 g/mol. The van der Waals surface area contributed by atoms with Gasteiger partial charge in [-0.15, -0.1) is 0 Å². The van der Waals surface area contributed by atoms with E-state index in [4.69, 9.17) is 22.1 Å². The topological polar surface area (TPSA) is 35.2 Å². The SMILES string of the molecule is Nc1cc(F)c(Cl)cc1Oc1ccc(Br)c(F)c1. The third-order valence-corrected chi connectivity index (χ3v) is 3.10. The van der Waals surface area contributed by atoms with E-state index in [0.29, 0.717) is 4.47 Å². The number of ether oxygens (including phenoxy) is 1. The quantitative estimate of drug-likeness (QED) is 0.804. The predicted octanol–water partition coefficient (Wildman–Crippen LogP) is 4.76. The van der Waals surface area contributed by atoms with Crippen molar-refractivity contribution in [1.82, 2.24) is 0 Å². The molecule has 0 unspecified atom stereocenters. The third kappa shape index (κ3) is 2.73. The van der Waals surface area contributed by atoms with Gasteiger partial charge in [-0.25, -0.2) is 8.78 Å². The fourth-order valence-corrected chi connectivity index (χ4v) is 1.70. The van der Waals surface area contributed by atoms with Gasteiger partial charge in [0.05, 0.1) is 15.2 Å². The fraction of sp³-hybridized carbons (Fsp3) is 0. The molecule has 94 valence electrons. The highest BCUT2D eigenvalue weighted by Gasteiger charge is 2.09. The molecule has 0 radical (unpaired) electrons. The van der Waals surface area contributed by atoms with Crippen molar-refractivity contribution >= 4 is 33.2 Å². The lowest BCUT2D eigenvalue weighted by Crippen LogP contribution is -1.94. The normalized spacial score (nSPS) is 10.4. The van der Waals surface area contributed by atoms with E-state index in [1.807, 2.05) is 0 Å². The first-order valence-corrected chi connectivity index (χ1v) is 6.02. The van der Waals surface area contributed by atoms with Crippen LogP contribution in [-0.2, 0) is 0 Å². The molecule has 0 aromatic heterocycles. The van der Waals surface area contributed by atoms with Gasteiger partial charge in [0.1, 0.15) is 17.4 Å². The predicted molar refractivity (Wildman–Crippen MR) is 70.0 cm³/mol. The van der Waals surface area contributed by atoms with Crippen molar-refractivity contribution in [3.05, 3.63) is 51.5 Å². The maximum absolute atomic E-state index is 13.3. The van der Waals surface area contributed by atoms with Crippen molar-refractivity contribution in [2.45, 2.75) is 0 Å². The number of nitrogens with two attached hydrogens (primary N) is 1. The van der Waals surface area contributed by atoms with Crippen LogP contribution in [0.5, 0.6) is 11.5 Å². The van der Waals surface area contributed by atoms with Crippen molar-refractivity contribution in [2.75, 3.05) is 5.73 Å². The Hall–Kier alpha value is -1.33. The van der Waals surface area contributed by atoms with Gasteiger partial charge in [0.15, 0.2) is 5.75 Å². The van der Waals surface area contributed by atoms with E-state index in [9.17, 15) is 8.78 Å². The lowest BCUT2D eigenvalue weighted by atomic mass is 10.3. The zero-order valence-electron chi connectivity index (χ0n) is 8.88. The molecule has 0 amide bonds. The average Bonchev–Trinajstić information content (AvgIpc) is 2.31. The van der Waals surface area contributed by atoms with Gasteiger partial charge >= 0.3 is 0 Å². The molecule has 0 atom stereocenters. The van der Waals surface area contributed by atoms with Crippen molar-refractivity contribution in [3.8, 4) is 11.5 Å². The minimum absolute atomic E-state index is 0.0835. The zero-order chi connectivity index (χ0) is 13.3. The maximum atomic E-state index is 13.3. The molecule has 2 aromatic carbocycles. The molecule has 0 spiro atoms. The van der Waals surface area contributed by atoms with E-state index in [1.165, 1.54) is 18.2 Å². The van der Waals surface area contributed by atoms with Crippen LogP contribution in [0.4, 0.5) is 14.5 Å². The first-order valence-electron chi connectivity index (χ1n) is 4.85. The molecule has 0 saturated heterocycles. The molecule has 6 heteroatoms. The Morgan fingerprint density at radius 1 is 1.11 bits per heavy atom. The van der Waals surface area contributed by atoms with E-state index >= 15 is 0 Å². The molecule has 0 saturated carbocycles. The van der Waals surface area contributed by atoms with Crippen molar-refractivity contribution in [2.24, 2.45) is 0 Å². The Morgan fingerprint density at radius 2 is 1.83 bits per heavy atom. The fourth-order valence-electron chi connectivity index (χ4n) is 1.30. The summed E-state index contributed by atoms with van der Waals surface area (Å²) in [5.74, 6) is -0.698. The van der Waals surface area contributed by atoms with Crippen LogP contribution in [0.25, 0.3) is 0 Å². The highest BCUT2D eigenvalue weighted by molar-refractivity contribution is 9.10. The Kier molecular flexibility index (Phi) is 3.73. The molecule has 0 fully saturated rings. The van der Waals surface area contributed by atoms with Crippen LogP contribution in [-0.4, -0.2) is 0 Å².